The molecule has 1 aromatic heterocycles. The lowest BCUT2D eigenvalue weighted by Gasteiger charge is -2.14. The molecule has 0 aliphatic heterocycles. The van der Waals surface area contributed by atoms with E-state index >= 15 is 0 Å². The maximum absolute atomic E-state index is 12.9. The summed E-state index contributed by atoms with van der Waals surface area (Å²) < 4.78 is 4.57. The fraction of sp³-hybridized carbons (Fsp3) is 0.455. The Labute approximate surface area is 185 Å². The summed E-state index contributed by atoms with van der Waals surface area (Å²) >= 11 is 1.32. The number of ether oxygens (including phenoxy) is 1. The Hall–Kier alpha value is -2.78. The van der Waals surface area contributed by atoms with Gasteiger partial charge in [-0.1, -0.05) is 24.5 Å². The lowest BCUT2D eigenvalue weighted by Crippen LogP contribution is -2.26. The molecule has 0 spiro atoms. The van der Waals surface area contributed by atoms with Crippen molar-refractivity contribution < 1.29 is 19.1 Å². The fourth-order valence-corrected chi connectivity index (χ4v) is 4.33. The first-order valence-electron chi connectivity index (χ1n) is 10.4. The molecular formula is C22H28N4O4S. The molecule has 31 heavy (non-hydrogen) atoms. The van der Waals surface area contributed by atoms with Crippen LogP contribution in [0, 0.1) is 12.8 Å². The number of benzene rings is 1. The van der Waals surface area contributed by atoms with Crippen LogP contribution in [0.4, 0.5) is 15.6 Å². The Balaban J connectivity index is 1.56. The standard InChI is InChI=1S/C22H28N4O4S/c1-14-7-8-18(17(11-14)20(28)15-5-3-4-6-15)25-21(29)26-22-24-16(13-31-22)9-10-23-12-19(27)30-2/h7-8,11,13,15,23H,3-6,9-10,12H2,1-2H3,(H2,24,25,26,29). The van der Waals surface area contributed by atoms with Crippen molar-refractivity contribution in [3.05, 3.63) is 40.4 Å². The number of aryl methyl sites for hydroxylation is 1. The van der Waals surface area contributed by atoms with Gasteiger partial charge < -0.3 is 15.4 Å². The van der Waals surface area contributed by atoms with Crippen LogP contribution >= 0.6 is 11.3 Å². The first-order valence-corrected chi connectivity index (χ1v) is 11.3. The molecule has 8 nitrogen and oxygen atoms in total. The lowest BCUT2D eigenvalue weighted by atomic mass is 9.94. The maximum atomic E-state index is 12.9. The average Bonchev–Trinajstić information content (AvgIpc) is 3.44. The highest BCUT2D eigenvalue weighted by Crippen LogP contribution is 2.31. The number of carbonyl (C=O) groups is 3. The van der Waals surface area contributed by atoms with Crippen LogP contribution in [0.15, 0.2) is 23.6 Å². The second-order valence-corrected chi connectivity index (χ2v) is 8.48. The number of esters is 1. The molecule has 0 unspecified atom stereocenters. The number of aromatic nitrogens is 1. The first-order chi connectivity index (χ1) is 15.0. The van der Waals surface area contributed by atoms with Crippen molar-refractivity contribution in [3.8, 4) is 0 Å². The van der Waals surface area contributed by atoms with Gasteiger partial charge in [0.1, 0.15) is 0 Å². The number of hydrogen-bond donors (Lipinski definition) is 3. The van der Waals surface area contributed by atoms with Gasteiger partial charge >= 0.3 is 12.0 Å². The van der Waals surface area contributed by atoms with E-state index in [2.05, 4.69) is 25.7 Å². The quantitative estimate of drug-likeness (QED) is 0.309. The van der Waals surface area contributed by atoms with Crippen LogP contribution in [-0.4, -0.2) is 43.0 Å². The smallest absolute Gasteiger partial charge is 0.325 e. The summed E-state index contributed by atoms with van der Waals surface area (Å²) in [5, 5.41) is 10.8. The summed E-state index contributed by atoms with van der Waals surface area (Å²) in [5.41, 5.74) is 2.88. The van der Waals surface area contributed by atoms with Crippen molar-refractivity contribution in [3.63, 3.8) is 0 Å². The summed E-state index contributed by atoms with van der Waals surface area (Å²) in [6, 6.07) is 5.06. The Morgan fingerprint density at radius 1 is 1.19 bits per heavy atom. The molecule has 9 heteroatoms. The van der Waals surface area contributed by atoms with Crippen LogP contribution in [0.2, 0.25) is 0 Å². The van der Waals surface area contributed by atoms with Gasteiger partial charge in [0.15, 0.2) is 10.9 Å². The van der Waals surface area contributed by atoms with Gasteiger partial charge in [-0.25, -0.2) is 9.78 Å². The molecule has 1 aromatic carbocycles. The van der Waals surface area contributed by atoms with E-state index in [0.29, 0.717) is 29.3 Å². The number of rotatable bonds is 9. The average molecular weight is 445 g/mol. The van der Waals surface area contributed by atoms with Crippen LogP contribution in [0.5, 0.6) is 0 Å². The van der Waals surface area contributed by atoms with Crippen molar-refractivity contribution in [2.75, 3.05) is 30.8 Å². The van der Waals surface area contributed by atoms with E-state index in [1.165, 1.54) is 18.4 Å². The van der Waals surface area contributed by atoms with Gasteiger partial charge in [-0.2, -0.15) is 0 Å². The minimum Gasteiger partial charge on any atom is -0.468 e. The van der Waals surface area contributed by atoms with E-state index in [4.69, 9.17) is 0 Å². The Morgan fingerprint density at radius 2 is 1.97 bits per heavy atom. The summed E-state index contributed by atoms with van der Waals surface area (Å²) in [4.78, 5) is 40.9. The summed E-state index contributed by atoms with van der Waals surface area (Å²) in [6.07, 6.45) is 4.60. The zero-order valence-corrected chi connectivity index (χ0v) is 18.6. The number of methoxy groups -OCH3 is 1. The van der Waals surface area contributed by atoms with Gasteiger partial charge in [0.25, 0.3) is 0 Å². The molecule has 1 fully saturated rings. The van der Waals surface area contributed by atoms with Crippen molar-refractivity contribution >= 4 is 39.9 Å². The minimum atomic E-state index is -0.436. The molecule has 0 saturated heterocycles. The van der Waals surface area contributed by atoms with Gasteiger partial charge in [-0.05, 0) is 31.9 Å². The molecule has 1 aliphatic carbocycles. The van der Waals surface area contributed by atoms with Crippen molar-refractivity contribution in [1.29, 1.82) is 0 Å². The number of amides is 2. The number of hydrogen-bond acceptors (Lipinski definition) is 7. The van der Waals surface area contributed by atoms with Crippen LogP contribution in [0.3, 0.4) is 0 Å². The third kappa shape index (κ3) is 6.60. The highest BCUT2D eigenvalue weighted by molar-refractivity contribution is 7.13. The Bertz CT molecular complexity index is 937. The SMILES string of the molecule is COC(=O)CNCCc1csc(NC(=O)Nc2ccc(C)cc2C(=O)C2CCCC2)n1. The summed E-state index contributed by atoms with van der Waals surface area (Å²) in [6.45, 7) is 2.65. The zero-order valence-electron chi connectivity index (χ0n) is 17.8. The van der Waals surface area contributed by atoms with Crippen molar-refractivity contribution in [2.45, 2.75) is 39.0 Å². The fourth-order valence-electron chi connectivity index (χ4n) is 3.59. The highest BCUT2D eigenvalue weighted by Gasteiger charge is 2.26. The van der Waals surface area contributed by atoms with Crippen molar-refractivity contribution in [1.82, 2.24) is 10.3 Å². The second-order valence-electron chi connectivity index (χ2n) is 7.62. The number of thiazole rings is 1. The monoisotopic (exact) mass is 444 g/mol. The molecule has 1 saturated carbocycles. The molecule has 3 rings (SSSR count). The minimum absolute atomic E-state index is 0.0414. The van der Waals surface area contributed by atoms with Crippen LogP contribution < -0.4 is 16.0 Å². The van der Waals surface area contributed by atoms with E-state index in [9.17, 15) is 14.4 Å². The second kappa shape index (κ2) is 11.0. The first kappa shape index (κ1) is 22.9. The van der Waals surface area contributed by atoms with Gasteiger partial charge in [0.2, 0.25) is 0 Å². The topological polar surface area (TPSA) is 109 Å². The van der Waals surface area contributed by atoms with E-state index < -0.39 is 6.03 Å². The normalized spacial score (nSPS) is 13.7. The molecule has 0 radical (unpaired) electrons. The van der Waals surface area contributed by atoms with E-state index in [-0.39, 0.29) is 24.2 Å². The highest BCUT2D eigenvalue weighted by atomic mass is 32.1. The van der Waals surface area contributed by atoms with Crippen LogP contribution in [0.1, 0.15) is 47.3 Å². The van der Waals surface area contributed by atoms with E-state index in [1.807, 2.05) is 24.4 Å². The Kier molecular flexibility index (Phi) is 8.13. The molecule has 2 amide bonds. The summed E-state index contributed by atoms with van der Waals surface area (Å²) in [7, 11) is 1.34. The van der Waals surface area contributed by atoms with E-state index in [0.717, 1.165) is 36.9 Å². The van der Waals surface area contributed by atoms with Gasteiger partial charge in [-0.3, -0.25) is 14.9 Å². The predicted octanol–water partition coefficient (Wildman–Crippen LogP) is 3.77. The molecule has 3 N–H and O–H groups in total. The van der Waals surface area contributed by atoms with Crippen molar-refractivity contribution in [2.24, 2.45) is 5.92 Å². The maximum Gasteiger partial charge on any atom is 0.325 e. The van der Waals surface area contributed by atoms with E-state index in [1.54, 1.807) is 6.07 Å². The number of urea groups is 1. The molecule has 0 atom stereocenters. The number of anilines is 2. The number of ketones is 1. The predicted molar refractivity (Wildman–Crippen MR) is 121 cm³/mol. The molecule has 0 bridgehead atoms. The van der Waals surface area contributed by atoms with Crippen LogP contribution in [0.25, 0.3) is 0 Å². The zero-order chi connectivity index (χ0) is 22.2. The van der Waals surface area contributed by atoms with Gasteiger partial charge in [-0.15, -0.1) is 11.3 Å². The molecule has 1 aliphatic rings. The van der Waals surface area contributed by atoms with Crippen LogP contribution in [-0.2, 0) is 16.0 Å². The lowest BCUT2D eigenvalue weighted by molar-refractivity contribution is -0.139. The number of nitrogens with one attached hydrogen (secondary N) is 3. The molecule has 166 valence electrons. The number of nitrogens with zero attached hydrogens (tertiary/aromatic N) is 1. The van der Waals surface area contributed by atoms with Gasteiger partial charge in [0.05, 0.1) is 25.0 Å². The largest absolute Gasteiger partial charge is 0.468 e. The molecule has 1 heterocycles. The number of Topliss-reactive ketones (excluding diaryl/α,β-unsaturated/α-hetero) is 1. The summed E-state index contributed by atoms with van der Waals surface area (Å²) in [5.74, 6) is -0.175. The molecular weight excluding hydrogens is 416 g/mol. The number of carbonyl (C=O) groups excluding carboxylic acids is 3. The Morgan fingerprint density at radius 3 is 2.71 bits per heavy atom. The third-order valence-corrected chi connectivity index (χ3v) is 6.05. The van der Waals surface area contributed by atoms with Gasteiger partial charge in [0, 0.05) is 29.8 Å². The molecule has 2 aromatic rings. The third-order valence-electron chi connectivity index (χ3n) is 5.24.